The summed E-state index contributed by atoms with van der Waals surface area (Å²) in [6.45, 7) is 8.70. The third-order valence-electron chi connectivity index (χ3n) is 7.31. The zero-order chi connectivity index (χ0) is 27.5. The number of amidine groups is 1. The minimum absolute atomic E-state index is 0.0500. The summed E-state index contributed by atoms with van der Waals surface area (Å²) in [5.74, 6) is -0.436. The van der Waals surface area contributed by atoms with Crippen molar-refractivity contribution in [3.05, 3.63) is 82.0 Å². The van der Waals surface area contributed by atoms with E-state index in [-0.39, 0.29) is 11.9 Å². The number of hydrogen-bond acceptors (Lipinski definition) is 6. The van der Waals surface area contributed by atoms with Gasteiger partial charge in [-0.15, -0.1) is 0 Å². The van der Waals surface area contributed by atoms with Crippen LogP contribution >= 0.6 is 11.8 Å². The van der Waals surface area contributed by atoms with Crippen LogP contribution in [0.1, 0.15) is 53.5 Å². The molecule has 0 spiro atoms. The first-order valence-electron chi connectivity index (χ1n) is 13.4. The first kappa shape index (κ1) is 26.8. The summed E-state index contributed by atoms with van der Waals surface area (Å²) < 4.78 is 7.02. The second-order valence-corrected chi connectivity index (χ2v) is 10.8. The van der Waals surface area contributed by atoms with Crippen LogP contribution in [0.3, 0.4) is 0 Å². The lowest BCUT2D eigenvalue weighted by molar-refractivity contribution is -0.122. The zero-order valence-corrected chi connectivity index (χ0v) is 23.8. The van der Waals surface area contributed by atoms with Crippen LogP contribution < -0.4 is 4.90 Å². The number of para-hydroxylation sites is 1. The number of nitrogens with zero attached hydrogens (tertiary/aromatic N) is 4. The molecular weight excluding hydrogens is 508 g/mol. The van der Waals surface area contributed by atoms with Crippen molar-refractivity contribution in [2.45, 2.75) is 40.0 Å². The van der Waals surface area contributed by atoms with E-state index in [9.17, 15) is 9.59 Å². The van der Waals surface area contributed by atoms with E-state index in [0.29, 0.717) is 22.2 Å². The van der Waals surface area contributed by atoms with Gasteiger partial charge in [0, 0.05) is 36.7 Å². The predicted octanol–water partition coefficient (Wildman–Crippen LogP) is 6.49. The Hall–Kier alpha value is -3.78. The standard InChI is InChI=1S/C31H34N4O3S/c1-5-34-29(36)28(39-31(34)32-24-13-15-25(16-14-24)33-17-9-6-10-18-33)20-23-19-21(2)35(22(23)3)27-12-8-7-11-26(27)30(37)38-4/h7-8,11-16,19-20H,5-6,9-10,17-18H2,1-4H3/b28-20-,32-31?. The molecule has 2 aliphatic rings. The number of aliphatic imine (C=N–C) groups is 1. The molecule has 3 heterocycles. The number of methoxy groups -OCH3 is 1. The first-order chi connectivity index (χ1) is 18.9. The molecular formula is C31H34N4O3S. The normalized spacial score (nSPS) is 17.9. The molecule has 0 bridgehead atoms. The van der Waals surface area contributed by atoms with Crippen molar-refractivity contribution in [3.8, 4) is 5.69 Å². The van der Waals surface area contributed by atoms with Gasteiger partial charge in [-0.2, -0.15) is 0 Å². The van der Waals surface area contributed by atoms with Gasteiger partial charge in [-0.3, -0.25) is 9.69 Å². The zero-order valence-electron chi connectivity index (χ0n) is 22.9. The van der Waals surface area contributed by atoms with Gasteiger partial charge in [0.15, 0.2) is 5.17 Å². The predicted molar refractivity (Wildman–Crippen MR) is 159 cm³/mol. The summed E-state index contributed by atoms with van der Waals surface area (Å²) in [6, 6.07) is 17.7. The minimum atomic E-state index is -0.386. The highest BCUT2D eigenvalue weighted by atomic mass is 32.2. The summed E-state index contributed by atoms with van der Waals surface area (Å²) in [5, 5.41) is 0.685. The molecule has 0 unspecified atom stereocenters. The van der Waals surface area contributed by atoms with Crippen LogP contribution in [-0.4, -0.2) is 53.3 Å². The molecule has 8 heteroatoms. The SMILES string of the molecule is CCN1C(=O)/C(=C/c2cc(C)n(-c3ccccc3C(=O)OC)c2C)SC1=Nc1ccc(N2CCCCC2)cc1. The number of carbonyl (C=O) groups excluding carboxylic acids is 2. The number of aryl methyl sites for hydroxylation is 1. The third-order valence-corrected chi connectivity index (χ3v) is 8.31. The number of likely N-dealkylation sites (N-methyl/N-ethyl adjacent to an activating group) is 1. The van der Waals surface area contributed by atoms with Gasteiger partial charge >= 0.3 is 5.97 Å². The van der Waals surface area contributed by atoms with Gasteiger partial charge in [0.25, 0.3) is 5.91 Å². The Labute approximate surface area is 234 Å². The molecule has 2 aliphatic heterocycles. The Morgan fingerprint density at radius 1 is 1.05 bits per heavy atom. The second-order valence-electron chi connectivity index (χ2n) is 9.79. The number of thioether (sulfide) groups is 1. The molecule has 0 N–H and O–H groups in total. The fraction of sp³-hybridized carbons (Fsp3) is 0.323. The molecule has 202 valence electrons. The molecule has 2 saturated heterocycles. The molecule has 0 saturated carbocycles. The Morgan fingerprint density at radius 3 is 2.46 bits per heavy atom. The van der Waals surface area contributed by atoms with Crippen LogP contribution in [0.4, 0.5) is 11.4 Å². The van der Waals surface area contributed by atoms with Crippen molar-refractivity contribution in [2.24, 2.45) is 4.99 Å². The molecule has 1 aromatic heterocycles. The van der Waals surface area contributed by atoms with Gasteiger partial charge in [0.05, 0.1) is 29.0 Å². The van der Waals surface area contributed by atoms with Crippen molar-refractivity contribution in [2.75, 3.05) is 31.6 Å². The summed E-state index contributed by atoms with van der Waals surface area (Å²) in [4.78, 5) is 35.4. The number of esters is 1. The van der Waals surface area contributed by atoms with E-state index in [1.54, 1.807) is 11.0 Å². The van der Waals surface area contributed by atoms with Gasteiger partial charge in [-0.25, -0.2) is 9.79 Å². The van der Waals surface area contributed by atoms with E-state index in [1.165, 1.54) is 43.8 Å². The van der Waals surface area contributed by atoms with Crippen molar-refractivity contribution < 1.29 is 14.3 Å². The van der Waals surface area contributed by atoms with Crippen LogP contribution in [0.25, 0.3) is 11.8 Å². The smallest absolute Gasteiger partial charge is 0.339 e. The van der Waals surface area contributed by atoms with Gasteiger partial charge in [0.2, 0.25) is 0 Å². The number of aromatic nitrogens is 1. The molecule has 2 fully saturated rings. The Morgan fingerprint density at radius 2 is 1.77 bits per heavy atom. The van der Waals surface area contributed by atoms with E-state index in [2.05, 4.69) is 17.0 Å². The summed E-state index contributed by atoms with van der Waals surface area (Å²) in [6.07, 6.45) is 5.71. The average Bonchev–Trinajstić information content (AvgIpc) is 3.42. The number of rotatable bonds is 6. The van der Waals surface area contributed by atoms with Gasteiger partial charge in [-0.05, 0) is 106 Å². The van der Waals surface area contributed by atoms with Crippen LogP contribution in [0, 0.1) is 13.8 Å². The fourth-order valence-electron chi connectivity index (χ4n) is 5.27. The van der Waals surface area contributed by atoms with Crippen LogP contribution in [0.5, 0.6) is 0 Å². The largest absolute Gasteiger partial charge is 0.465 e. The minimum Gasteiger partial charge on any atom is -0.465 e. The number of piperidine rings is 1. The molecule has 0 atom stereocenters. The number of benzene rings is 2. The molecule has 0 aliphatic carbocycles. The Kier molecular flexibility index (Phi) is 7.93. The van der Waals surface area contributed by atoms with Gasteiger partial charge in [-0.1, -0.05) is 12.1 Å². The van der Waals surface area contributed by atoms with Crippen molar-refractivity contribution in [1.82, 2.24) is 9.47 Å². The lowest BCUT2D eigenvalue weighted by Crippen LogP contribution is -2.29. The third kappa shape index (κ3) is 5.39. The lowest BCUT2D eigenvalue weighted by atomic mass is 10.1. The second kappa shape index (κ2) is 11.5. The van der Waals surface area contributed by atoms with Crippen LogP contribution in [-0.2, 0) is 9.53 Å². The maximum atomic E-state index is 13.3. The molecule has 5 rings (SSSR count). The highest BCUT2D eigenvalue weighted by Gasteiger charge is 2.32. The number of hydrogen-bond donors (Lipinski definition) is 0. The van der Waals surface area contributed by atoms with E-state index < -0.39 is 0 Å². The highest BCUT2D eigenvalue weighted by molar-refractivity contribution is 8.18. The number of carbonyl (C=O) groups is 2. The Bertz CT molecular complexity index is 1450. The number of anilines is 1. The molecule has 7 nitrogen and oxygen atoms in total. The molecule has 39 heavy (non-hydrogen) atoms. The fourth-order valence-corrected chi connectivity index (χ4v) is 6.32. The molecule has 3 aromatic rings. The highest BCUT2D eigenvalue weighted by Crippen LogP contribution is 2.36. The van der Waals surface area contributed by atoms with Crippen molar-refractivity contribution >= 4 is 46.3 Å². The topological polar surface area (TPSA) is 67.1 Å². The molecule has 0 radical (unpaired) electrons. The van der Waals surface area contributed by atoms with E-state index >= 15 is 0 Å². The maximum Gasteiger partial charge on any atom is 0.339 e. The lowest BCUT2D eigenvalue weighted by Gasteiger charge is -2.28. The van der Waals surface area contributed by atoms with E-state index in [1.807, 2.05) is 67.8 Å². The first-order valence-corrected chi connectivity index (χ1v) is 14.2. The van der Waals surface area contributed by atoms with Crippen molar-refractivity contribution in [3.63, 3.8) is 0 Å². The summed E-state index contributed by atoms with van der Waals surface area (Å²) >= 11 is 1.40. The molecule has 1 amide bonds. The average molecular weight is 543 g/mol. The van der Waals surface area contributed by atoms with Crippen LogP contribution in [0.15, 0.2) is 64.5 Å². The quantitative estimate of drug-likeness (QED) is 0.263. The molecule has 2 aromatic carbocycles. The Balaban J connectivity index is 1.43. The number of amides is 1. The summed E-state index contributed by atoms with van der Waals surface area (Å²) in [7, 11) is 1.38. The van der Waals surface area contributed by atoms with Gasteiger partial charge < -0.3 is 14.2 Å². The van der Waals surface area contributed by atoms with E-state index in [4.69, 9.17) is 9.73 Å². The van der Waals surface area contributed by atoms with Crippen molar-refractivity contribution in [1.29, 1.82) is 0 Å². The monoisotopic (exact) mass is 542 g/mol. The van der Waals surface area contributed by atoms with Crippen LogP contribution in [0.2, 0.25) is 0 Å². The van der Waals surface area contributed by atoms with E-state index in [0.717, 1.165) is 41.4 Å². The number of ether oxygens (including phenoxy) is 1. The summed E-state index contributed by atoms with van der Waals surface area (Å²) in [5.41, 5.74) is 6.12. The maximum absolute atomic E-state index is 13.3. The van der Waals surface area contributed by atoms with Gasteiger partial charge in [0.1, 0.15) is 0 Å².